The fourth-order valence-electron chi connectivity index (χ4n) is 2.99. The van der Waals surface area contributed by atoms with E-state index >= 15 is 0 Å². The van der Waals surface area contributed by atoms with E-state index in [0.717, 1.165) is 28.8 Å². The Bertz CT molecular complexity index is 628. The van der Waals surface area contributed by atoms with Crippen LogP contribution >= 0.6 is 11.6 Å². The average molecular weight is 375 g/mol. The molecule has 0 aliphatic carbocycles. The molecule has 0 radical (unpaired) electrons. The Balaban J connectivity index is 1.83. The predicted molar refractivity (Wildman–Crippen MR) is 111 cm³/mol. The summed E-state index contributed by atoms with van der Waals surface area (Å²) in [6.07, 6.45) is 6.59. The summed E-state index contributed by atoms with van der Waals surface area (Å²) in [6, 6.07) is 15.7. The molecule has 142 valence electrons. The topological polar surface area (TPSA) is 58.3 Å². The third-order valence-corrected chi connectivity index (χ3v) is 5.02. The van der Waals surface area contributed by atoms with E-state index in [9.17, 15) is 5.11 Å². The molecule has 0 amide bonds. The minimum Gasteiger partial charge on any atom is -0.369 e. The summed E-state index contributed by atoms with van der Waals surface area (Å²) in [6.45, 7) is 2.23. The molecule has 2 rings (SSSR count). The summed E-state index contributed by atoms with van der Waals surface area (Å²) in [5, 5.41) is 13.4. The van der Waals surface area contributed by atoms with Crippen LogP contribution in [-0.2, 0) is 5.88 Å². The molecular formula is C22H31ClN2O. The molecular weight excluding hydrogens is 344 g/mol. The van der Waals surface area contributed by atoms with Crippen molar-refractivity contribution in [2.45, 2.75) is 63.6 Å². The largest absolute Gasteiger partial charge is 0.369 e. The number of hydrogen-bond acceptors (Lipinski definition) is 3. The molecule has 0 aromatic heterocycles. The van der Waals surface area contributed by atoms with E-state index in [0.29, 0.717) is 5.88 Å². The van der Waals surface area contributed by atoms with E-state index in [1.807, 2.05) is 48.5 Å². The quantitative estimate of drug-likeness (QED) is 0.261. The first kappa shape index (κ1) is 20.8. The van der Waals surface area contributed by atoms with Crippen LogP contribution in [0.3, 0.4) is 0 Å². The standard InChI is InChI=1S/C22H31ClN2O/c1-2-3-4-5-6-7-21(24)18-12-14-20(15-13-18)25-22(26)19-10-8-17(16-23)9-11-19/h8-15,21-22,25-26H,2-7,16,24H2,1H3. The second-order valence-electron chi connectivity index (χ2n) is 6.85. The number of alkyl halides is 1. The molecule has 2 atom stereocenters. The van der Waals surface area contributed by atoms with Crippen molar-refractivity contribution in [2.24, 2.45) is 5.73 Å². The summed E-state index contributed by atoms with van der Waals surface area (Å²) in [4.78, 5) is 0. The van der Waals surface area contributed by atoms with E-state index in [1.54, 1.807) is 0 Å². The molecule has 3 nitrogen and oxygen atoms in total. The van der Waals surface area contributed by atoms with Crippen LogP contribution in [0.25, 0.3) is 0 Å². The molecule has 4 heteroatoms. The summed E-state index contributed by atoms with van der Waals surface area (Å²) in [5.41, 5.74) is 10.2. The Morgan fingerprint density at radius 2 is 1.54 bits per heavy atom. The number of nitrogens with one attached hydrogen (secondary N) is 1. The Labute approximate surface area is 162 Å². The number of aliphatic hydroxyl groups excluding tert-OH is 1. The van der Waals surface area contributed by atoms with Crippen molar-refractivity contribution < 1.29 is 5.11 Å². The van der Waals surface area contributed by atoms with Crippen molar-refractivity contribution in [2.75, 3.05) is 5.32 Å². The monoisotopic (exact) mass is 374 g/mol. The highest BCUT2D eigenvalue weighted by Crippen LogP contribution is 2.22. The molecule has 4 N–H and O–H groups in total. The minimum atomic E-state index is -0.752. The summed E-state index contributed by atoms with van der Waals surface area (Å²) >= 11 is 5.79. The van der Waals surface area contributed by atoms with Gasteiger partial charge in [0.1, 0.15) is 0 Å². The first-order chi connectivity index (χ1) is 12.6. The number of nitrogens with two attached hydrogens (primary N) is 1. The van der Waals surface area contributed by atoms with Gasteiger partial charge in [0.25, 0.3) is 0 Å². The van der Waals surface area contributed by atoms with Crippen LogP contribution in [0.5, 0.6) is 0 Å². The summed E-state index contributed by atoms with van der Waals surface area (Å²) < 4.78 is 0. The van der Waals surface area contributed by atoms with Gasteiger partial charge in [-0.3, -0.25) is 0 Å². The van der Waals surface area contributed by atoms with Crippen LogP contribution in [-0.4, -0.2) is 5.11 Å². The van der Waals surface area contributed by atoms with E-state index in [4.69, 9.17) is 17.3 Å². The molecule has 0 aliphatic rings. The Kier molecular flexibility index (Phi) is 8.96. The third kappa shape index (κ3) is 6.64. The van der Waals surface area contributed by atoms with Crippen molar-refractivity contribution >= 4 is 17.3 Å². The van der Waals surface area contributed by atoms with E-state index in [2.05, 4.69) is 12.2 Å². The molecule has 0 fully saturated rings. The maximum absolute atomic E-state index is 10.3. The molecule has 0 saturated carbocycles. The van der Waals surface area contributed by atoms with Gasteiger partial charge < -0.3 is 16.2 Å². The van der Waals surface area contributed by atoms with E-state index in [-0.39, 0.29) is 6.04 Å². The molecule has 2 aromatic carbocycles. The molecule has 2 unspecified atom stereocenters. The van der Waals surface area contributed by atoms with Gasteiger partial charge in [-0.15, -0.1) is 11.6 Å². The number of rotatable bonds is 11. The van der Waals surface area contributed by atoms with Crippen molar-refractivity contribution in [3.63, 3.8) is 0 Å². The molecule has 0 heterocycles. The smallest absolute Gasteiger partial charge is 0.150 e. The number of aliphatic hydroxyl groups is 1. The Morgan fingerprint density at radius 1 is 0.923 bits per heavy atom. The van der Waals surface area contributed by atoms with Gasteiger partial charge in [-0.2, -0.15) is 0 Å². The average Bonchev–Trinajstić information content (AvgIpc) is 2.68. The van der Waals surface area contributed by atoms with Gasteiger partial charge in [-0.05, 0) is 29.7 Å². The lowest BCUT2D eigenvalue weighted by molar-refractivity contribution is 0.208. The van der Waals surface area contributed by atoms with Crippen molar-refractivity contribution in [3.05, 3.63) is 65.2 Å². The normalized spacial score (nSPS) is 13.4. The van der Waals surface area contributed by atoms with Gasteiger partial charge in [0, 0.05) is 23.2 Å². The molecule has 0 bridgehead atoms. The highest BCUT2D eigenvalue weighted by molar-refractivity contribution is 6.17. The highest BCUT2D eigenvalue weighted by atomic mass is 35.5. The van der Waals surface area contributed by atoms with E-state index in [1.165, 1.54) is 32.1 Å². The Morgan fingerprint density at radius 3 is 2.15 bits per heavy atom. The molecule has 26 heavy (non-hydrogen) atoms. The van der Waals surface area contributed by atoms with Gasteiger partial charge in [0.2, 0.25) is 0 Å². The van der Waals surface area contributed by atoms with Crippen molar-refractivity contribution in [1.82, 2.24) is 0 Å². The first-order valence-electron chi connectivity index (χ1n) is 9.59. The highest BCUT2D eigenvalue weighted by Gasteiger charge is 2.09. The molecule has 0 aliphatic heterocycles. The van der Waals surface area contributed by atoms with Crippen LogP contribution in [0.1, 0.15) is 74.4 Å². The Hall–Kier alpha value is -1.55. The van der Waals surface area contributed by atoms with Gasteiger partial charge >= 0.3 is 0 Å². The summed E-state index contributed by atoms with van der Waals surface area (Å²) in [5.74, 6) is 0.476. The predicted octanol–water partition coefficient (Wildman–Crippen LogP) is 5.89. The van der Waals surface area contributed by atoms with Crippen molar-refractivity contribution in [1.29, 1.82) is 0 Å². The lowest BCUT2D eigenvalue weighted by Gasteiger charge is -2.16. The fraction of sp³-hybridized carbons (Fsp3) is 0.455. The zero-order valence-corrected chi connectivity index (χ0v) is 16.4. The number of halogens is 1. The van der Waals surface area contributed by atoms with Crippen LogP contribution in [0.2, 0.25) is 0 Å². The molecule has 0 saturated heterocycles. The van der Waals surface area contributed by atoms with Crippen LogP contribution in [0, 0.1) is 0 Å². The maximum Gasteiger partial charge on any atom is 0.150 e. The summed E-state index contributed by atoms with van der Waals surface area (Å²) in [7, 11) is 0. The second-order valence-corrected chi connectivity index (χ2v) is 7.12. The number of benzene rings is 2. The van der Waals surface area contributed by atoms with Crippen LogP contribution in [0.4, 0.5) is 5.69 Å². The second kappa shape index (κ2) is 11.2. The molecule has 2 aromatic rings. The fourth-order valence-corrected chi connectivity index (χ4v) is 3.17. The SMILES string of the molecule is CCCCCCCC(N)c1ccc(NC(O)c2ccc(CCl)cc2)cc1. The number of anilines is 1. The lowest BCUT2D eigenvalue weighted by Crippen LogP contribution is -2.11. The first-order valence-corrected chi connectivity index (χ1v) is 10.1. The third-order valence-electron chi connectivity index (χ3n) is 4.71. The zero-order valence-electron chi connectivity index (χ0n) is 15.6. The number of unbranched alkanes of at least 4 members (excludes halogenated alkanes) is 4. The van der Waals surface area contributed by atoms with Gasteiger partial charge in [-0.25, -0.2) is 0 Å². The van der Waals surface area contributed by atoms with Crippen molar-refractivity contribution in [3.8, 4) is 0 Å². The van der Waals surface area contributed by atoms with Gasteiger partial charge in [0.05, 0.1) is 0 Å². The van der Waals surface area contributed by atoms with Crippen LogP contribution < -0.4 is 11.1 Å². The number of hydrogen-bond donors (Lipinski definition) is 3. The zero-order chi connectivity index (χ0) is 18.8. The van der Waals surface area contributed by atoms with Crippen LogP contribution in [0.15, 0.2) is 48.5 Å². The van der Waals surface area contributed by atoms with Gasteiger partial charge in [-0.1, -0.05) is 75.4 Å². The maximum atomic E-state index is 10.3. The lowest BCUT2D eigenvalue weighted by atomic mass is 10.0. The van der Waals surface area contributed by atoms with E-state index < -0.39 is 6.23 Å². The molecule has 0 spiro atoms. The minimum absolute atomic E-state index is 0.0821. The van der Waals surface area contributed by atoms with Gasteiger partial charge in [0.15, 0.2) is 6.23 Å².